The molecule has 2 nitrogen and oxygen atoms in total. The third-order valence-corrected chi connectivity index (χ3v) is 4.56. The van der Waals surface area contributed by atoms with E-state index < -0.39 is 0 Å². The molecule has 1 aromatic rings. The van der Waals surface area contributed by atoms with Crippen LogP contribution in [0.3, 0.4) is 0 Å². The van der Waals surface area contributed by atoms with Crippen LogP contribution in [0.2, 0.25) is 0 Å². The summed E-state index contributed by atoms with van der Waals surface area (Å²) >= 11 is 0. The van der Waals surface area contributed by atoms with Gasteiger partial charge < -0.3 is 10.1 Å². The van der Waals surface area contributed by atoms with Crippen LogP contribution in [-0.4, -0.2) is 12.6 Å². The molecule has 2 atom stereocenters. The van der Waals surface area contributed by atoms with Crippen molar-refractivity contribution in [1.29, 1.82) is 0 Å². The molecule has 2 rings (SSSR count). The predicted octanol–water partition coefficient (Wildman–Crippen LogP) is 4.70. The highest BCUT2D eigenvalue weighted by Crippen LogP contribution is 2.28. The first kappa shape index (κ1) is 15.4. The molecule has 0 heterocycles. The van der Waals surface area contributed by atoms with Crippen molar-refractivity contribution in [2.75, 3.05) is 6.61 Å². The standard InChI is InChI=1S/C18H29NO/c1-4-20-18-12-10-17(11-13-18)15(3)19-14(2)16-8-6-5-7-9-16/h10-16,19H,4-9H2,1-3H3/t14-,15?/m1/s1. The quantitative estimate of drug-likeness (QED) is 0.812. The highest BCUT2D eigenvalue weighted by atomic mass is 16.5. The number of benzene rings is 1. The highest BCUT2D eigenvalue weighted by Gasteiger charge is 2.21. The van der Waals surface area contributed by atoms with Crippen LogP contribution < -0.4 is 10.1 Å². The third-order valence-electron chi connectivity index (χ3n) is 4.56. The van der Waals surface area contributed by atoms with Gasteiger partial charge in [-0.3, -0.25) is 0 Å². The molecule has 0 radical (unpaired) electrons. The summed E-state index contributed by atoms with van der Waals surface area (Å²) in [7, 11) is 0. The van der Waals surface area contributed by atoms with Crippen molar-refractivity contribution in [3.63, 3.8) is 0 Å². The van der Waals surface area contributed by atoms with Crippen LogP contribution in [0.4, 0.5) is 0 Å². The van der Waals surface area contributed by atoms with Gasteiger partial charge in [-0.2, -0.15) is 0 Å². The fourth-order valence-corrected chi connectivity index (χ4v) is 3.28. The van der Waals surface area contributed by atoms with Crippen LogP contribution in [0.15, 0.2) is 24.3 Å². The second-order valence-corrected chi connectivity index (χ2v) is 6.08. The molecular formula is C18H29NO. The lowest BCUT2D eigenvalue weighted by atomic mass is 9.84. The lowest BCUT2D eigenvalue weighted by Crippen LogP contribution is -2.36. The molecule has 2 heteroatoms. The summed E-state index contributed by atoms with van der Waals surface area (Å²) in [5.41, 5.74) is 1.34. The van der Waals surface area contributed by atoms with E-state index in [4.69, 9.17) is 4.74 Å². The molecule has 1 aromatic carbocycles. The summed E-state index contributed by atoms with van der Waals surface area (Å²) in [6.45, 7) is 7.35. The minimum atomic E-state index is 0.405. The number of rotatable bonds is 6. The monoisotopic (exact) mass is 275 g/mol. The van der Waals surface area contributed by atoms with E-state index in [0.29, 0.717) is 12.1 Å². The summed E-state index contributed by atoms with van der Waals surface area (Å²) in [6.07, 6.45) is 7.04. The van der Waals surface area contributed by atoms with E-state index >= 15 is 0 Å². The van der Waals surface area contributed by atoms with Crippen LogP contribution in [0.1, 0.15) is 64.5 Å². The molecule has 1 unspecified atom stereocenters. The van der Waals surface area contributed by atoms with E-state index in [1.807, 2.05) is 6.92 Å². The van der Waals surface area contributed by atoms with E-state index in [9.17, 15) is 0 Å². The summed E-state index contributed by atoms with van der Waals surface area (Å²) in [5, 5.41) is 3.78. The molecule has 1 aliphatic carbocycles. The smallest absolute Gasteiger partial charge is 0.119 e. The van der Waals surface area contributed by atoms with Gasteiger partial charge in [-0.15, -0.1) is 0 Å². The number of hydrogen-bond donors (Lipinski definition) is 1. The number of ether oxygens (including phenoxy) is 1. The molecule has 112 valence electrons. The Morgan fingerprint density at radius 1 is 1.10 bits per heavy atom. The SMILES string of the molecule is CCOc1ccc(C(C)N[C@H](C)C2CCCCC2)cc1. The average molecular weight is 275 g/mol. The van der Waals surface area contributed by atoms with Gasteiger partial charge in [0.1, 0.15) is 5.75 Å². The van der Waals surface area contributed by atoms with Gasteiger partial charge in [-0.25, -0.2) is 0 Å². The molecule has 1 N–H and O–H groups in total. The van der Waals surface area contributed by atoms with E-state index in [1.54, 1.807) is 0 Å². The Labute approximate surface area is 123 Å². The zero-order valence-corrected chi connectivity index (χ0v) is 13.2. The molecule has 0 aliphatic heterocycles. The van der Waals surface area contributed by atoms with Crippen molar-refractivity contribution in [2.24, 2.45) is 5.92 Å². The molecule has 0 amide bonds. The maximum Gasteiger partial charge on any atom is 0.119 e. The second kappa shape index (κ2) is 7.68. The van der Waals surface area contributed by atoms with Crippen molar-refractivity contribution >= 4 is 0 Å². The Bertz CT molecular complexity index is 381. The number of hydrogen-bond acceptors (Lipinski definition) is 2. The Balaban J connectivity index is 1.88. The molecule has 0 spiro atoms. The zero-order chi connectivity index (χ0) is 14.4. The van der Waals surface area contributed by atoms with Crippen LogP contribution >= 0.6 is 0 Å². The molecule has 20 heavy (non-hydrogen) atoms. The maximum atomic E-state index is 5.50. The van der Waals surface area contributed by atoms with Gasteiger partial charge in [0.25, 0.3) is 0 Å². The fourth-order valence-electron chi connectivity index (χ4n) is 3.28. The molecule has 1 aliphatic rings. The number of nitrogens with one attached hydrogen (secondary N) is 1. The van der Waals surface area contributed by atoms with Crippen molar-refractivity contribution in [2.45, 2.75) is 65.0 Å². The Morgan fingerprint density at radius 2 is 1.75 bits per heavy atom. The van der Waals surface area contributed by atoms with Crippen LogP contribution in [-0.2, 0) is 0 Å². The highest BCUT2D eigenvalue weighted by molar-refractivity contribution is 5.29. The summed E-state index contributed by atoms with van der Waals surface area (Å²) in [6, 6.07) is 9.51. The molecule has 1 fully saturated rings. The van der Waals surface area contributed by atoms with Gasteiger partial charge in [0, 0.05) is 12.1 Å². The average Bonchev–Trinajstić information content (AvgIpc) is 2.49. The van der Waals surface area contributed by atoms with Crippen LogP contribution in [0.25, 0.3) is 0 Å². The van der Waals surface area contributed by atoms with Crippen molar-refractivity contribution in [1.82, 2.24) is 5.32 Å². The molecule has 0 bridgehead atoms. The molecule has 1 saturated carbocycles. The van der Waals surface area contributed by atoms with Crippen molar-refractivity contribution in [3.05, 3.63) is 29.8 Å². The first-order chi connectivity index (χ1) is 9.70. The predicted molar refractivity (Wildman–Crippen MR) is 85.2 cm³/mol. The molecular weight excluding hydrogens is 246 g/mol. The Hall–Kier alpha value is -1.02. The van der Waals surface area contributed by atoms with Crippen molar-refractivity contribution in [3.8, 4) is 5.75 Å². The lowest BCUT2D eigenvalue weighted by Gasteiger charge is -2.30. The van der Waals surface area contributed by atoms with Gasteiger partial charge in [0.15, 0.2) is 0 Å². The van der Waals surface area contributed by atoms with Gasteiger partial charge in [0.2, 0.25) is 0 Å². The molecule has 0 saturated heterocycles. The Morgan fingerprint density at radius 3 is 2.35 bits per heavy atom. The summed E-state index contributed by atoms with van der Waals surface area (Å²) in [5.74, 6) is 1.82. The van der Waals surface area contributed by atoms with Crippen molar-refractivity contribution < 1.29 is 4.74 Å². The normalized spacial score (nSPS) is 19.6. The second-order valence-electron chi connectivity index (χ2n) is 6.08. The van der Waals surface area contributed by atoms with E-state index in [1.165, 1.54) is 37.7 Å². The summed E-state index contributed by atoms with van der Waals surface area (Å²) in [4.78, 5) is 0. The third kappa shape index (κ3) is 4.24. The van der Waals surface area contributed by atoms with Gasteiger partial charge in [-0.05, 0) is 57.2 Å². The summed E-state index contributed by atoms with van der Waals surface area (Å²) < 4.78 is 5.50. The van der Waals surface area contributed by atoms with E-state index in [-0.39, 0.29) is 0 Å². The lowest BCUT2D eigenvalue weighted by molar-refractivity contribution is 0.268. The van der Waals surface area contributed by atoms with Crippen LogP contribution in [0.5, 0.6) is 5.75 Å². The maximum absolute atomic E-state index is 5.50. The zero-order valence-electron chi connectivity index (χ0n) is 13.2. The minimum Gasteiger partial charge on any atom is -0.494 e. The topological polar surface area (TPSA) is 21.3 Å². The minimum absolute atomic E-state index is 0.405. The van der Waals surface area contributed by atoms with Crippen LogP contribution in [0, 0.1) is 5.92 Å². The Kier molecular flexibility index (Phi) is 5.90. The van der Waals surface area contributed by atoms with Gasteiger partial charge in [-0.1, -0.05) is 31.4 Å². The van der Waals surface area contributed by atoms with E-state index in [2.05, 4.69) is 43.4 Å². The first-order valence-corrected chi connectivity index (χ1v) is 8.19. The van der Waals surface area contributed by atoms with E-state index in [0.717, 1.165) is 18.3 Å². The van der Waals surface area contributed by atoms with Gasteiger partial charge in [0.05, 0.1) is 6.61 Å². The van der Waals surface area contributed by atoms with Gasteiger partial charge >= 0.3 is 0 Å². The molecule has 0 aromatic heterocycles. The fraction of sp³-hybridized carbons (Fsp3) is 0.667. The largest absolute Gasteiger partial charge is 0.494 e. The first-order valence-electron chi connectivity index (χ1n) is 8.19.